The first kappa shape index (κ1) is 14.9. The molecule has 0 saturated carbocycles. The molecular weight excluding hydrogens is 294 g/mol. The number of hydrogen-bond donors (Lipinski definition) is 2. The second-order valence-corrected chi connectivity index (χ2v) is 4.80. The summed E-state index contributed by atoms with van der Waals surface area (Å²) in [6, 6.07) is 4.82. The van der Waals surface area contributed by atoms with Gasteiger partial charge in [-0.1, -0.05) is 23.7 Å². The normalized spacial score (nSPS) is 10.2. The van der Waals surface area contributed by atoms with E-state index < -0.39 is 11.9 Å². The van der Waals surface area contributed by atoms with Gasteiger partial charge in [0.2, 0.25) is 5.95 Å². The molecule has 1 aromatic carbocycles. The minimum absolute atomic E-state index is 0.0183. The number of hydrogen-bond acceptors (Lipinski definition) is 4. The van der Waals surface area contributed by atoms with Crippen LogP contribution in [0.15, 0.2) is 24.4 Å². The summed E-state index contributed by atoms with van der Waals surface area (Å²) >= 11 is 5.72. The molecule has 108 valence electrons. The molecule has 1 heterocycles. The molecule has 0 atom stereocenters. The highest BCUT2D eigenvalue weighted by Crippen LogP contribution is 2.20. The third-order valence-corrected chi connectivity index (χ3v) is 3.12. The van der Waals surface area contributed by atoms with E-state index in [4.69, 9.17) is 11.6 Å². The van der Waals surface area contributed by atoms with Crippen LogP contribution in [0.5, 0.6) is 0 Å². The van der Waals surface area contributed by atoms with E-state index in [-0.39, 0.29) is 22.2 Å². The van der Waals surface area contributed by atoms with Gasteiger partial charge in [0.1, 0.15) is 5.15 Å². The molecule has 0 aliphatic heterocycles. The Labute approximate surface area is 125 Å². The van der Waals surface area contributed by atoms with Crippen LogP contribution in [0.1, 0.15) is 31.8 Å². The van der Waals surface area contributed by atoms with E-state index in [2.05, 4.69) is 15.3 Å². The molecule has 2 rings (SSSR count). The molecule has 21 heavy (non-hydrogen) atoms. The molecule has 1 aromatic heterocycles. The number of carbonyl (C=O) groups excluding carboxylic acids is 1. The van der Waals surface area contributed by atoms with Gasteiger partial charge in [0, 0.05) is 6.20 Å². The molecule has 0 spiro atoms. The Morgan fingerprint density at radius 2 is 1.76 bits per heavy atom. The number of rotatable bonds is 3. The molecule has 0 aliphatic rings. The van der Waals surface area contributed by atoms with Crippen molar-refractivity contribution in [2.75, 3.05) is 5.32 Å². The highest BCUT2D eigenvalue weighted by Gasteiger charge is 2.21. The monoisotopic (exact) mass is 305 g/mol. The summed E-state index contributed by atoms with van der Waals surface area (Å²) < 4.78 is 0. The number of carboxylic acid groups (broad SMARTS) is 1. The number of nitrogens with zero attached hydrogens (tertiary/aromatic N) is 2. The Bertz CT molecular complexity index is 731. The maximum atomic E-state index is 12.3. The Balaban J connectivity index is 2.44. The lowest BCUT2D eigenvalue weighted by Crippen LogP contribution is -2.20. The zero-order valence-electron chi connectivity index (χ0n) is 11.3. The number of amides is 1. The molecule has 0 aliphatic carbocycles. The van der Waals surface area contributed by atoms with Crippen LogP contribution < -0.4 is 5.32 Å². The maximum absolute atomic E-state index is 12.3. The quantitative estimate of drug-likeness (QED) is 0.851. The number of carbonyl (C=O) groups is 2. The lowest BCUT2D eigenvalue weighted by Gasteiger charge is -2.12. The maximum Gasteiger partial charge on any atom is 0.336 e. The SMILES string of the molecule is Cc1ccc(C)c(C(=O)Nc2nccc(Cl)n2)c1C(=O)O. The second kappa shape index (κ2) is 5.88. The van der Waals surface area contributed by atoms with Crippen LogP contribution in [0.25, 0.3) is 0 Å². The van der Waals surface area contributed by atoms with Crippen molar-refractivity contribution in [2.24, 2.45) is 0 Å². The Kier molecular flexibility index (Phi) is 4.18. The average molecular weight is 306 g/mol. The van der Waals surface area contributed by atoms with Crippen LogP contribution in [0.2, 0.25) is 5.15 Å². The standard InChI is InChI=1S/C14H12ClN3O3/c1-7-3-4-8(2)11(13(20)21)10(7)12(19)18-14-16-6-5-9(15)17-14/h3-6H,1-2H3,(H,20,21)(H,16,17,18,19). The minimum atomic E-state index is -1.16. The summed E-state index contributed by atoms with van der Waals surface area (Å²) in [6.07, 6.45) is 1.39. The number of anilines is 1. The smallest absolute Gasteiger partial charge is 0.336 e. The molecule has 2 aromatic rings. The third-order valence-electron chi connectivity index (χ3n) is 2.91. The zero-order chi connectivity index (χ0) is 15.6. The average Bonchev–Trinajstić information content (AvgIpc) is 2.40. The number of carboxylic acids is 1. The van der Waals surface area contributed by atoms with Crippen molar-refractivity contribution >= 4 is 29.4 Å². The molecule has 2 N–H and O–H groups in total. The number of aromatic nitrogens is 2. The molecule has 0 unspecified atom stereocenters. The Hall–Kier alpha value is -2.47. The number of aromatic carboxylic acids is 1. The van der Waals surface area contributed by atoms with E-state index in [9.17, 15) is 14.7 Å². The van der Waals surface area contributed by atoms with Crippen molar-refractivity contribution < 1.29 is 14.7 Å². The second-order valence-electron chi connectivity index (χ2n) is 4.41. The molecule has 0 fully saturated rings. The van der Waals surface area contributed by atoms with Crippen LogP contribution in [-0.2, 0) is 0 Å². The highest BCUT2D eigenvalue weighted by atomic mass is 35.5. The van der Waals surface area contributed by atoms with Gasteiger partial charge in [0.25, 0.3) is 5.91 Å². The lowest BCUT2D eigenvalue weighted by molar-refractivity contribution is 0.0691. The van der Waals surface area contributed by atoms with E-state index in [0.717, 1.165) is 0 Å². The molecular formula is C14H12ClN3O3. The van der Waals surface area contributed by atoms with Gasteiger partial charge in [0.15, 0.2) is 0 Å². The van der Waals surface area contributed by atoms with Crippen molar-refractivity contribution in [1.29, 1.82) is 0 Å². The molecule has 0 radical (unpaired) electrons. The van der Waals surface area contributed by atoms with Crippen molar-refractivity contribution in [2.45, 2.75) is 13.8 Å². The van der Waals surface area contributed by atoms with Crippen LogP contribution in [-0.4, -0.2) is 27.0 Å². The predicted octanol–water partition coefficient (Wildman–Crippen LogP) is 2.70. The Morgan fingerprint density at radius 1 is 1.14 bits per heavy atom. The van der Waals surface area contributed by atoms with Gasteiger partial charge in [-0.25, -0.2) is 14.8 Å². The fourth-order valence-corrected chi connectivity index (χ4v) is 2.08. The van der Waals surface area contributed by atoms with Gasteiger partial charge in [-0.2, -0.15) is 0 Å². The first-order chi connectivity index (χ1) is 9.90. The first-order valence-corrected chi connectivity index (χ1v) is 6.41. The summed E-state index contributed by atoms with van der Waals surface area (Å²) in [4.78, 5) is 31.4. The first-order valence-electron chi connectivity index (χ1n) is 6.03. The Morgan fingerprint density at radius 3 is 2.33 bits per heavy atom. The van der Waals surface area contributed by atoms with E-state index in [1.807, 2.05) is 0 Å². The van der Waals surface area contributed by atoms with E-state index in [1.54, 1.807) is 26.0 Å². The third kappa shape index (κ3) is 3.17. The summed E-state index contributed by atoms with van der Waals surface area (Å²) in [6.45, 7) is 3.30. The van der Waals surface area contributed by atoms with Crippen molar-refractivity contribution in [3.63, 3.8) is 0 Å². The van der Waals surface area contributed by atoms with Crippen molar-refractivity contribution in [1.82, 2.24) is 9.97 Å². The van der Waals surface area contributed by atoms with Gasteiger partial charge in [-0.05, 0) is 31.0 Å². The van der Waals surface area contributed by atoms with Crippen molar-refractivity contribution in [3.8, 4) is 0 Å². The van der Waals surface area contributed by atoms with Crippen LogP contribution in [0, 0.1) is 13.8 Å². The zero-order valence-corrected chi connectivity index (χ0v) is 12.1. The number of benzene rings is 1. The number of nitrogens with one attached hydrogen (secondary N) is 1. The van der Waals surface area contributed by atoms with Gasteiger partial charge < -0.3 is 5.11 Å². The van der Waals surface area contributed by atoms with E-state index in [0.29, 0.717) is 11.1 Å². The fraction of sp³-hybridized carbons (Fsp3) is 0.143. The van der Waals surface area contributed by atoms with Gasteiger partial charge in [0.05, 0.1) is 11.1 Å². The lowest BCUT2D eigenvalue weighted by atomic mass is 9.96. The van der Waals surface area contributed by atoms with E-state index >= 15 is 0 Å². The van der Waals surface area contributed by atoms with Crippen LogP contribution in [0.3, 0.4) is 0 Å². The highest BCUT2D eigenvalue weighted by molar-refractivity contribution is 6.29. The van der Waals surface area contributed by atoms with Crippen molar-refractivity contribution in [3.05, 3.63) is 51.8 Å². The molecule has 0 bridgehead atoms. The summed E-state index contributed by atoms with van der Waals surface area (Å²) in [5, 5.41) is 11.9. The number of aryl methyl sites for hydroxylation is 2. The topological polar surface area (TPSA) is 92.2 Å². The summed E-state index contributed by atoms with van der Waals surface area (Å²) in [5.74, 6) is -1.73. The largest absolute Gasteiger partial charge is 0.478 e. The molecule has 6 nitrogen and oxygen atoms in total. The molecule has 1 amide bonds. The van der Waals surface area contributed by atoms with E-state index in [1.165, 1.54) is 12.3 Å². The van der Waals surface area contributed by atoms with Gasteiger partial charge in [-0.15, -0.1) is 0 Å². The van der Waals surface area contributed by atoms with Gasteiger partial charge >= 0.3 is 5.97 Å². The van der Waals surface area contributed by atoms with Gasteiger partial charge in [-0.3, -0.25) is 10.1 Å². The molecule has 7 heteroatoms. The number of halogens is 1. The summed E-state index contributed by atoms with van der Waals surface area (Å²) in [5.41, 5.74) is 1.11. The predicted molar refractivity (Wildman–Crippen MR) is 77.9 cm³/mol. The fourth-order valence-electron chi connectivity index (χ4n) is 1.94. The minimum Gasteiger partial charge on any atom is -0.478 e. The van der Waals surface area contributed by atoms with Crippen LogP contribution >= 0.6 is 11.6 Å². The molecule has 0 saturated heterocycles. The van der Waals surface area contributed by atoms with Crippen LogP contribution in [0.4, 0.5) is 5.95 Å². The summed E-state index contributed by atoms with van der Waals surface area (Å²) in [7, 11) is 0.